The molecule has 5 heteroatoms. The molecule has 0 bridgehead atoms. The summed E-state index contributed by atoms with van der Waals surface area (Å²) in [6, 6.07) is 2.04. The Labute approximate surface area is 110 Å². The van der Waals surface area contributed by atoms with Gasteiger partial charge in [0.25, 0.3) is 0 Å². The molecule has 0 radical (unpaired) electrons. The fraction of sp³-hybridized carbons (Fsp3) is 0.538. The van der Waals surface area contributed by atoms with Crippen LogP contribution in [0.25, 0.3) is 0 Å². The first kappa shape index (κ1) is 11.9. The maximum Gasteiger partial charge on any atom is 0.246 e. The van der Waals surface area contributed by atoms with Crippen LogP contribution in [-0.4, -0.2) is 29.8 Å². The van der Waals surface area contributed by atoms with Crippen molar-refractivity contribution in [1.29, 1.82) is 0 Å². The van der Waals surface area contributed by atoms with E-state index in [1.165, 1.54) is 15.3 Å². The quantitative estimate of drug-likeness (QED) is 0.823. The Morgan fingerprint density at radius 1 is 1.39 bits per heavy atom. The van der Waals surface area contributed by atoms with Gasteiger partial charge in [0.15, 0.2) is 0 Å². The number of carbonyl (C=O) groups excluding carboxylic acids is 2. The maximum absolute atomic E-state index is 11.9. The van der Waals surface area contributed by atoms with Gasteiger partial charge in [-0.2, -0.15) is 0 Å². The van der Waals surface area contributed by atoms with E-state index in [1.54, 1.807) is 18.4 Å². The van der Waals surface area contributed by atoms with E-state index in [2.05, 4.69) is 16.8 Å². The Hall–Kier alpha value is -1.20. The SMILES string of the molecule is CN1C(=O)CC(NC2CCCc3sccc32)C1=O. The van der Waals surface area contributed by atoms with Gasteiger partial charge >= 0.3 is 0 Å². The van der Waals surface area contributed by atoms with Gasteiger partial charge in [-0.1, -0.05) is 0 Å². The zero-order valence-electron chi connectivity index (χ0n) is 10.3. The Morgan fingerprint density at radius 3 is 2.94 bits per heavy atom. The van der Waals surface area contributed by atoms with Crippen LogP contribution in [0.5, 0.6) is 0 Å². The molecule has 2 amide bonds. The second-order valence-electron chi connectivity index (χ2n) is 4.96. The summed E-state index contributed by atoms with van der Waals surface area (Å²) in [5.74, 6) is -0.179. The number of likely N-dealkylation sites (N-methyl/N-ethyl adjacent to an activating group) is 1. The van der Waals surface area contributed by atoms with Crippen LogP contribution in [-0.2, 0) is 16.0 Å². The Bertz CT molecular complexity index is 497. The van der Waals surface area contributed by atoms with Crippen LogP contribution in [0.2, 0.25) is 0 Å². The molecule has 18 heavy (non-hydrogen) atoms. The van der Waals surface area contributed by atoms with Crippen molar-refractivity contribution in [3.05, 3.63) is 21.9 Å². The lowest BCUT2D eigenvalue weighted by Crippen LogP contribution is -2.40. The summed E-state index contributed by atoms with van der Waals surface area (Å²) in [5.41, 5.74) is 1.32. The average Bonchev–Trinajstić information content (AvgIpc) is 2.92. The second kappa shape index (κ2) is 4.48. The van der Waals surface area contributed by atoms with Gasteiger partial charge in [-0.05, 0) is 36.3 Å². The Kier molecular flexibility index (Phi) is 2.95. The van der Waals surface area contributed by atoms with Crippen molar-refractivity contribution >= 4 is 23.2 Å². The van der Waals surface area contributed by atoms with Gasteiger partial charge in [0.1, 0.15) is 0 Å². The molecule has 2 heterocycles. The van der Waals surface area contributed by atoms with E-state index in [0.717, 1.165) is 19.3 Å². The molecule has 4 nitrogen and oxygen atoms in total. The summed E-state index contributed by atoms with van der Waals surface area (Å²) >= 11 is 1.79. The Balaban J connectivity index is 1.76. The third kappa shape index (κ3) is 1.87. The van der Waals surface area contributed by atoms with Crippen LogP contribution in [0.1, 0.15) is 35.7 Å². The standard InChI is InChI=1S/C13H16N2O2S/c1-15-12(16)7-10(13(15)17)14-9-3-2-4-11-8(9)5-6-18-11/h5-6,9-10,14H,2-4,7H2,1H3. The first-order valence-corrected chi connectivity index (χ1v) is 7.17. The van der Waals surface area contributed by atoms with Crippen molar-refractivity contribution in [2.75, 3.05) is 7.05 Å². The van der Waals surface area contributed by atoms with Crippen LogP contribution in [0.4, 0.5) is 0 Å². The van der Waals surface area contributed by atoms with E-state index in [1.807, 2.05) is 0 Å². The summed E-state index contributed by atoms with van der Waals surface area (Å²) in [5, 5.41) is 5.47. The number of fused-ring (bicyclic) bond motifs is 1. The second-order valence-corrected chi connectivity index (χ2v) is 5.96. The van der Waals surface area contributed by atoms with E-state index in [-0.39, 0.29) is 23.9 Å². The number of hydrogen-bond acceptors (Lipinski definition) is 4. The molecule has 1 aliphatic carbocycles. The van der Waals surface area contributed by atoms with E-state index in [0.29, 0.717) is 6.42 Å². The highest BCUT2D eigenvalue weighted by Gasteiger charge is 2.37. The largest absolute Gasteiger partial charge is 0.298 e. The molecular formula is C13H16N2O2S. The molecule has 0 spiro atoms. The van der Waals surface area contributed by atoms with Crippen molar-refractivity contribution in [2.24, 2.45) is 0 Å². The van der Waals surface area contributed by atoms with E-state index in [9.17, 15) is 9.59 Å². The number of aryl methyl sites for hydroxylation is 1. The average molecular weight is 264 g/mol. The zero-order chi connectivity index (χ0) is 12.7. The lowest BCUT2D eigenvalue weighted by molar-refractivity contribution is -0.137. The fourth-order valence-corrected chi connectivity index (χ4v) is 3.78. The minimum absolute atomic E-state index is 0.0844. The lowest BCUT2D eigenvalue weighted by Gasteiger charge is -2.26. The number of rotatable bonds is 2. The highest BCUT2D eigenvalue weighted by Crippen LogP contribution is 2.34. The van der Waals surface area contributed by atoms with Crippen molar-refractivity contribution < 1.29 is 9.59 Å². The minimum Gasteiger partial charge on any atom is -0.298 e. The highest BCUT2D eigenvalue weighted by molar-refractivity contribution is 7.10. The van der Waals surface area contributed by atoms with Gasteiger partial charge in [-0.3, -0.25) is 19.8 Å². The first-order valence-electron chi connectivity index (χ1n) is 6.29. The number of carbonyl (C=O) groups is 2. The summed E-state index contributed by atoms with van der Waals surface area (Å²) in [6.45, 7) is 0. The first-order chi connectivity index (χ1) is 8.66. The summed E-state index contributed by atoms with van der Waals surface area (Å²) < 4.78 is 0. The number of hydrogen-bond donors (Lipinski definition) is 1. The molecule has 2 unspecified atom stereocenters. The van der Waals surface area contributed by atoms with Crippen LogP contribution in [0.15, 0.2) is 11.4 Å². The molecule has 96 valence electrons. The van der Waals surface area contributed by atoms with Crippen LogP contribution >= 0.6 is 11.3 Å². The fourth-order valence-electron chi connectivity index (χ4n) is 2.79. The molecule has 2 aliphatic rings. The minimum atomic E-state index is -0.335. The number of imide groups is 1. The molecule has 1 aromatic heterocycles. The molecule has 1 aromatic rings. The van der Waals surface area contributed by atoms with Gasteiger partial charge in [-0.25, -0.2) is 0 Å². The van der Waals surface area contributed by atoms with Crippen LogP contribution in [0.3, 0.4) is 0 Å². The number of nitrogens with one attached hydrogen (secondary N) is 1. The maximum atomic E-state index is 11.9. The molecule has 1 fully saturated rings. The smallest absolute Gasteiger partial charge is 0.246 e. The van der Waals surface area contributed by atoms with Gasteiger partial charge in [0.05, 0.1) is 12.5 Å². The molecule has 0 saturated carbocycles. The Morgan fingerprint density at radius 2 is 2.22 bits per heavy atom. The molecule has 1 saturated heterocycles. The third-order valence-electron chi connectivity index (χ3n) is 3.84. The van der Waals surface area contributed by atoms with Crippen molar-refractivity contribution in [1.82, 2.24) is 10.2 Å². The molecule has 1 aliphatic heterocycles. The molecular weight excluding hydrogens is 248 g/mol. The predicted molar refractivity (Wildman–Crippen MR) is 69.3 cm³/mol. The molecule has 2 atom stereocenters. The molecule has 1 N–H and O–H groups in total. The summed E-state index contributed by atoms with van der Waals surface area (Å²) in [6.07, 6.45) is 3.63. The monoisotopic (exact) mass is 264 g/mol. The van der Waals surface area contributed by atoms with Crippen molar-refractivity contribution in [2.45, 2.75) is 37.8 Å². The van der Waals surface area contributed by atoms with Crippen molar-refractivity contribution in [3.63, 3.8) is 0 Å². The zero-order valence-corrected chi connectivity index (χ0v) is 11.1. The van der Waals surface area contributed by atoms with Gasteiger partial charge in [-0.15, -0.1) is 11.3 Å². The van der Waals surface area contributed by atoms with E-state index < -0.39 is 0 Å². The predicted octanol–water partition coefficient (Wildman–Crippen LogP) is 1.47. The van der Waals surface area contributed by atoms with Gasteiger partial charge in [0, 0.05) is 18.0 Å². The highest BCUT2D eigenvalue weighted by atomic mass is 32.1. The summed E-state index contributed by atoms with van der Waals surface area (Å²) in [7, 11) is 1.56. The normalized spacial score (nSPS) is 27.7. The van der Waals surface area contributed by atoms with Crippen LogP contribution < -0.4 is 5.32 Å². The topological polar surface area (TPSA) is 49.4 Å². The van der Waals surface area contributed by atoms with Gasteiger partial charge < -0.3 is 0 Å². The number of amides is 2. The number of nitrogens with zero attached hydrogens (tertiary/aromatic N) is 1. The number of thiophene rings is 1. The summed E-state index contributed by atoms with van der Waals surface area (Å²) in [4.78, 5) is 26.0. The number of likely N-dealkylation sites (tertiary alicyclic amines) is 1. The van der Waals surface area contributed by atoms with E-state index in [4.69, 9.17) is 0 Å². The lowest BCUT2D eigenvalue weighted by atomic mass is 9.93. The van der Waals surface area contributed by atoms with Crippen LogP contribution in [0, 0.1) is 0 Å². The van der Waals surface area contributed by atoms with Gasteiger partial charge in [0.2, 0.25) is 11.8 Å². The molecule has 3 rings (SSSR count). The van der Waals surface area contributed by atoms with Crippen molar-refractivity contribution in [3.8, 4) is 0 Å². The third-order valence-corrected chi connectivity index (χ3v) is 4.83. The van der Waals surface area contributed by atoms with E-state index >= 15 is 0 Å². The molecule has 0 aromatic carbocycles.